The van der Waals surface area contributed by atoms with Crippen molar-refractivity contribution in [1.82, 2.24) is 4.31 Å². The largest absolute Gasteiger partial charge is 0.481 e. The summed E-state index contributed by atoms with van der Waals surface area (Å²) in [6.45, 7) is 3.74. The first-order chi connectivity index (χ1) is 8.86. The predicted molar refractivity (Wildman–Crippen MR) is 76.2 cm³/mol. The molecule has 0 aromatic heterocycles. The van der Waals surface area contributed by atoms with Crippen LogP contribution in [0.3, 0.4) is 0 Å². The Morgan fingerprint density at radius 3 is 2.74 bits per heavy atom. The van der Waals surface area contributed by atoms with Gasteiger partial charge in [-0.1, -0.05) is 12.0 Å². The Labute approximate surface area is 114 Å². The Hall–Kier alpha value is -1.71. The number of hydrogen-bond acceptors (Lipinski definition) is 3. The summed E-state index contributed by atoms with van der Waals surface area (Å²) in [4.78, 5) is 0. The predicted octanol–water partition coefficient (Wildman–Crippen LogP) is 1.70. The Bertz CT molecular complexity index is 561. The van der Waals surface area contributed by atoms with Gasteiger partial charge in [-0.25, -0.2) is 0 Å². The van der Waals surface area contributed by atoms with Gasteiger partial charge >= 0.3 is 10.2 Å². The van der Waals surface area contributed by atoms with Crippen molar-refractivity contribution < 1.29 is 13.2 Å². The van der Waals surface area contributed by atoms with E-state index in [9.17, 15) is 8.42 Å². The molecule has 0 saturated heterocycles. The molecule has 0 aliphatic heterocycles. The van der Waals surface area contributed by atoms with Gasteiger partial charge in [-0.3, -0.25) is 4.72 Å². The topological polar surface area (TPSA) is 58.6 Å². The van der Waals surface area contributed by atoms with Gasteiger partial charge in [-0.15, -0.1) is 6.42 Å². The Morgan fingerprint density at radius 2 is 2.16 bits per heavy atom. The Balaban J connectivity index is 2.85. The van der Waals surface area contributed by atoms with Crippen LogP contribution in [0.4, 0.5) is 5.69 Å². The van der Waals surface area contributed by atoms with Crippen molar-refractivity contribution in [2.24, 2.45) is 0 Å². The SMILES string of the molecule is C#CCOc1cccc(NS(=O)(=O)N(C)C(C)C)c1. The van der Waals surface area contributed by atoms with Gasteiger partial charge in [0, 0.05) is 19.2 Å². The minimum Gasteiger partial charge on any atom is -0.481 e. The summed E-state index contributed by atoms with van der Waals surface area (Å²) in [7, 11) is -2.04. The lowest BCUT2D eigenvalue weighted by Crippen LogP contribution is -2.37. The quantitative estimate of drug-likeness (QED) is 0.808. The molecule has 1 N–H and O–H groups in total. The number of terminal acetylenes is 1. The molecule has 0 fully saturated rings. The van der Waals surface area contributed by atoms with E-state index in [0.29, 0.717) is 11.4 Å². The van der Waals surface area contributed by atoms with Crippen LogP contribution in [0.15, 0.2) is 24.3 Å². The van der Waals surface area contributed by atoms with Gasteiger partial charge in [0.25, 0.3) is 0 Å². The standard InChI is InChI=1S/C13H18N2O3S/c1-5-9-18-13-8-6-7-12(10-13)14-19(16,17)15(4)11(2)3/h1,6-8,10-11,14H,9H2,2-4H3. The Kier molecular flexibility index (Phi) is 5.21. The molecule has 0 saturated carbocycles. The van der Waals surface area contributed by atoms with E-state index in [4.69, 9.17) is 11.2 Å². The van der Waals surface area contributed by atoms with E-state index in [1.54, 1.807) is 38.1 Å². The van der Waals surface area contributed by atoms with Crippen molar-refractivity contribution in [2.75, 3.05) is 18.4 Å². The third kappa shape index (κ3) is 4.47. The van der Waals surface area contributed by atoms with Crippen molar-refractivity contribution >= 4 is 15.9 Å². The minimum absolute atomic E-state index is 0.127. The lowest BCUT2D eigenvalue weighted by atomic mass is 10.3. The highest BCUT2D eigenvalue weighted by Crippen LogP contribution is 2.19. The van der Waals surface area contributed by atoms with Crippen LogP contribution in [0.25, 0.3) is 0 Å². The maximum absolute atomic E-state index is 12.0. The second-order valence-corrected chi connectivity index (χ2v) is 5.97. The summed E-state index contributed by atoms with van der Waals surface area (Å²) >= 11 is 0. The van der Waals surface area contributed by atoms with Gasteiger partial charge in [-0.05, 0) is 26.0 Å². The van der Waals surface area contributed by atoms with E-state index in [1.807, 2.05) is 0 Å². The van der Waals surface area contributed by atoms with Gasteiger partial charge in [0.05, 0.1) is 5.69 Å². The lowest BCUT2D eigenvalue weighted by Gasteiger charge is -2.21. The van der Waals surface area contributed by atoms with Crippen LogP contribution in [0, 0.1) is 12.3 Å². The summed E-state index contributed by atoms with van der Waals surface area (Å²) < 4.78 is 33.0. The van der Waals surface area contributed by atoms with Gasteiger partial charge < -0.3 is 4.74 Å². The number of nitrogens with one attached hydrogen (secondary N) is 1. The number of benzene rings is 1. The molecule has 1 aromatic carbocycles. The lowest BCUT2D eigenvalue weighted by molar-refractivity contribution is 0.370. The summed E-state index contributed by atoms with van der Waals surface area (Å²) in [5.74, 6) is 2.87. The molecule has 104 valence electrons. The maximum Gasteiger partial charge on any atom is 0.301 e. The molecule has 1 rings (SSSR count). The summed E-state index contributed by atoms with van der Waals surface area (Å²) in [5.41, 5.74) is 0.432. The summed E-state index contributed by atoms with van der Waals surface area (Å²) in [6, 6.07) is 6.51. The number of nitrogens with zero attached hydrogens (tertiary/aromatic N) is 1. The van der Waals surface area contributed by atoms with E-state index in [0.717, 1.165) is 0 Å². The second-order valence-electron chi connectivity index (χ2n) is 4.24. The van der Waals surface area contributed by atoms with Gasteiger partial charge in [0.2, 0.25) is 0 Å². The first-order valence-electron chi connectivity index (χ1n) is 5.79. The third-order valence-corrected chi connectivity index (χ3v) is 4.18. The van der Waals surface area contributed by atoms with Crippen LogP contribution in [-0.2, 0) is 10.2 Å². The molecule has 0 bridgehead atoms. The van der Waals surface area contributed by atoms with E-state index in [-0.39, 0.29) is 12.6 Å². The number of hydrogen-bond donors (Lipinski definition) is 1. The van der Waals surface area contributed by atoms with E-state index in [2.05, 4.69) is 10.6 Å². The maximum atomic E-state index is 12.0. The normalized spacial score (nSPS) is 11.4. The van der Waals surface area contributed by atoms with E-state index in [1.165, 1.54) is 11.4 Å². The van der Waals surface area contributed by atoms with Crippen molar-refractivity contribution in [1.29, 1.82) is 0 Å². The molecule has 5 nitrogen and oxygen atoms in total. The van der Waals surface area contributed by atoms with Crippen molar-refractivity contribution in [3.8, 4) is 18.1 Å². The summed E-state index contributed by atoms with van der Waals surface area (Å²) in [6.07, 6.45) is 5.10. The molecule has 0 aliphatic rings. The monoisotopic (exact) mass is 282 g/mol. The van der Waals surface area contributed by atoms with Crippen LogP contribution < -0.4 is 9.46 Å². The fourth-order valence-corrected chi connectivity index (χ4v) is 2.40. The number of anilines is 1. The average Bonchev–Trinajstić information content (AvgIpc) is 2.35. The van der Waals surface area contributed by atoms with Crippen LogP contribution in [0.1, 0.15) is 13.8 Å². The van der Waals surface area contributed by atoms with Gasteiger partial charge in [0.15, 0.2) is 0 Å². The minimum atomic E-state index is -3.56. The molecule has 0 aliphatic carbocycles. The Morgan fingerprint density at radius 1 is 1.47 bits per heavy atom. The molecular formula is C13H18N2O3S. The fourth-order valence-electron chi connectivity index (χ4n) is 1.27. The molecule has 0 radical (unpaired) electrons. The van der Waals surface area contributed by atoms with Crippen molar-refractivity contribution in [3.63, 3.8) is 0 Å². The smallest absolute Gasteiger partial charge is 0.301 e. The molecule has 19 heavy (non-hydrogen) atoms. The highest BCUT2D eigenvalue weighted by atomic mass is 32.2. The highest BCUT2D eigenvalue weighted by Gasteiger charge is 2.20. The third-order valence-electron chi connectivity index (χ3n) is 2.51. The first-order valence-corrected chi connectivity index (χ1v) is 7.23. The van der Waals surface area contributed by atoms with Crippen LogP contribution in [-0.4, -0.2) is 32.4 Å². The molecule has 0 spiro atoms. The summed E-state index contributed by atoms with van der Waals surface area (Å²) in [5, 5.41) is 0. The molecule has 0 heterocycles. The van der Waals surface area contributed by atoms with Crippen LogP contribution in [0.5, 0.6) is 5.75 Å². The number of rotatable bonds is 6. The van der Waals surface area contributed by atoms with Gasteiger partial charge in [-0.2, -0.15) is 12.7 Å². The van der Waals surface area contributed by atoms with E-state index < -0.39 is 10.2 Å². The first kappa shape index (κ1) is 15.3. The zero-order valence-electron chi connectivity index (χ0n) is 11.3. The number of ether oxygens (including phenoxy) is 1. The molecule has 1 aromatic rings. The molecule has 0 atom stereocenters. The molecule has 6 heteroatoms. The zero-order chi connectivity index (χ0) is 14.5. The molecule has 0 unspecified atom stereocenters. The highest BCUT2D eigenvalue weighted by molar-refractivity contribution is 7.90. The average molecular weight is 282 g/mol. The van der Waals surface area contributed by atoms with Crippen LogP contribution in [0.2, 0.25) is 0 Å². The van der Waals surface area contributed by atoms with Crippen molar-refractivity contribution in [2.45, 2.75) is 19.9 Å². The second kappa shape index (κ2) is 6.45. The fraction of sp³-hybridized carbons (Fsp3) is 0.385. The van der Waals surface area contributed by atoms with Crippen molar-refractivity contribution in [3.05, 3.63) is 24.3 Å². The zero-order valence-corrected chi connectivity index (χ0v) is 12.1. The molecular weight excluding hydrogens is 264 g/mol. The van der Waals surface area contributed by atoms with Crippen LogP contribution >= 0.6 is 0 Å². The van der Waals surface area contributed by atoms with Gasteiger partial charge in [0.1, 0.15) is 12.4 Å². The molecule has 0 amide bonds. The van der Waals surface area contributed by atoms with E-state index >= 15 is 0 Å².